The maximum atomic E-state index is 12.2. The van der Waals surface area contributed by atoms with Gasteiger partial charge in [0.1, 0.15) is 0 Å². The molecule has 1 aliphatic heterocycles. The number of nitrogens with zero attached hydrogens (tertiary/aromatic N) is 1. The molecule has 142 valence electrons. The first kappa shape index (κ1) is 19.1. The Hall–Kier alpha value is -1.65. The van der Waals surface area contributed by atoms with Gasteiger partial charge in [-0.2, -0.15) is 0 Å². The van der Waals surface area contributed by atoms with Crippen molar-refractivity contribution >= 4 is 5.91 Å². The van der Waals surface area contributed by atoms with Crippen molar-refractivity contribution in [1.29, 1.82) is 0 Å². The van der Waals surface area contributed by atoms with E-state index in [1.807, 2.05) is 11.9 Å². The summed E-state index contributed by atoms with van der Waals surface area (Å²) in [5, 5.41) is 0. The van der Waals surface area contributed by atoms with E-state index in [1.54, 1.807) is 0 Å². The summed E-state index contributed by atoms with van der Waals surface area (Å²) in [5.74, 6) is 0.775. The van der Waals surface area contributed by atoms with E-state index in [0.717, 1.165) is 32.2 Å². The second-order valence-corrected chi connectivity index (χ2v) is 7.82. The summed E-state index contributed by atoms with van der Waals surface area (Å²) >= 11 is 0. The highest BCUT2D eigenvalue weighted by molar-refractivity contribution is 5.76. The summed E-state index contributed by atoms with van der Waals surface area (Å²) in [5.41, 5.74) is 8.23. The summed E-state index contributed by atoms with van der Waals surface area (Å²) in [7, 11) is 1.95. The van der Waals surface area contributed by atoms with Crippen molar-refractivity contribution in [1.82, 2.24) is 15.8 Å². The van der Waals surface area contributed by atoms with Crippen LogP contribution in [0, 0.1) is 5.92 Å². The monoisotopic (exact) mass is 355 g/mol. The summed E-state index contributed by atoms with van der Waals surface area (Å²) in [6.07, 6.45) is 13.2. The Kier molecular flexibility index (Phi) is 7.27. The fourth-order valence-corrected chi connectivity index (χ4v) is 4.00. The number of carbonyl (C=O) groups excluding carboxylic acids is 1. The molecule has 1 amide bonds. The molecule has 0 radical (unpaired) electrons. The number of carbonyl (C=O) groups is 1. The van der Waals surface area contributed by atoms with Gasteiger partial charge in [-0.1, -0.05) is 55.3 Å². The van der Waals surface area contributed by atoms with Crippen LogP contribution in [0.4, 0.5) is 0 Å². The van der Waals surface area contributed by atoms with Gasteiger partial charge in [0.25, 0.3) is 0 Å². The van der Waals surface area contributed by atoms with E-state index in [-0.39, 0.29) is 0 Å². The van der Waals surface area contributed by atoms with Gasteiger partial charge in [0.05, 0.1) is 0 Å². The molecule has 26 heavy (non-hydrogen) atoms. The first-order chi connectivity index (χ1) is 12.7. The minimum absolute atomic E-state index is 0.300. The second kappa shape index (κ2) is 9.89. The Morgan fingerprint density at radius 1 is 1.15 bits per heavy atom. The Morgan fingerprint density at radius 3 is 2.77 bits per heavy atom. The minimum atomic E-state index is 0.300. The van der Waals surface area contributed by atoms with Gasteiger partial charge < -0.3 is 4.90 Å². The highest BCUT2D eigenvalue weighted by atomic mass is 16.2. The Balaban J connectivity index is 1.25. The number of hydrogen-bond donors (Lipinski definition) is 2. The van der Waals surface area contributed by atoms with Crippen LogP contribution in [0.2, 0.25) is 0 Å². The number of allylic oxidation sites excluding steroid dienone is 2. The van der Waals surface area contributed by atoms with Crippen molar-refractivity contribution in [2.75, 3.05) is 13.6 Å². The lowest BCUT2D eigenvalue weighted by Gasteiger charge is -2.19. The summed E-state index contributed by atoms with van der Waals surface area (Å²) in [6.45, 7) is 0.887. The summed E-state index contributed by atoms with van der Waals surface area (Å²) in [6, 6.07) is 11.6. The molecule has 1 heterocycles. The number of hydrazine groups is 1. The molecule has 1 aromatic rings. The maximum Gasteiger partial charge on any atom is 0.222 e. The number of amides is 1. The lowest BCUT2D eigenvalue weighted by molar-refractivity contribution is -0.130. The number of rotatable bonds is 9. The fourth-order valence-electron chi connectivity index (χ4n) is 4.00. The number of benzene rings is 1. The van der Waals surface area contributed by atoms with Crippen LogP contribution >= 0.6 is 0 Å². The SMILES string of the molecule is CN(CCCCCC1CC(c2ccccc2)NN1)C(=O)CC1C=CCC1. The molecule has 0 saturated carbocycles. The molecular formula is C22H33N3O. The van der Waals surface area contributed by atoms with Gasteiger partial charge in [-0.25, -0.2) is 0 Å². The fraction of sp³-hybridized carbons (Fsp3) is 0.591. The molecule has 1 saturated heterocycles. The quantitative estimate of drug-likeness (QED) is 0.520. The molecular weight excluding hydrogens is 322 g/mol. The number of hydrogen-bond acceptors (Lipinski definition) is 3. The Morgan fingerprint density at radius 2 is 2.00 bits per heavy atom. The molecule has 1 aliphatic carbocycles. The van der Waals surface area contributed by atoms with Crippen molar-refractivity contribution < 1.29 is 4.79 Å². The normalized spacial score (nSPS) is 24.9. The molecule has 4 nitrogen and oxygen atoms in total. The highest BCUT2D eigenvalue weighted by Gasteiger charge is 2.24. The third kappa shape index (κ3) is 5.68. The number of nitrogens with one attached hydrogen (secondary N) is 2. The zero-order valence-electron chi connectivity index (χ0n) is 16.0. The van der Waals surface area contributed by atoms with E-state index in [0.29, 0.717) is 30.3 Å². The first-order valence-electron chi connectivity index (χ1n) is 10.2. The van der Waals surface area contributed by atoms with Crippen LogP contribution in [0.15, 0.2) is 42.5 Å². The smallest absolute Gasteiger partial charge is 0.222 e. The number of unbranched alkanes of at least 4 members (excludes halogenated alkanes) is 2. The van der Waals surface area contributed by atoms with E-state index in [1.165, 1.54) is 24.8 Å². The molecule has 3 rings (SSSR count). The van der Waals surface area contributed by atoms with Crippen LogP contribution in [0.1, 0.15) is 63.0 Å². The van der Waals surface area contributed by atoms with Gasteiger partial charge in [0, 0.05) is 32.1 Å². The average Bonchev–Trinajstić information content (AvgIpc) is 3.34. The largest absolute Gasteiger partial charge is 0.346 e. The molecule has 3 atom stereocenters. The van der Waals surface area contributed by atoms with Crippen LogP contribution in [0.25, 0.3) is 0 Å². The van der Waals surface area contributed by atoms with Gasteiger partial charge in [-0.05, 0) is 43.6 Å². The van der Waals surface area contributed by atoms with E-state index in [9.17, 15) is 4.79 Å². The first-order valence-corrected chi connectivity index (χ1v) is 10.2. The lowest BCUT2D eigenvalue weighted by Crippen LogP contribution is -2.31. The van der Waals surface area contributed by atoms with Crippen LogP contribution in [-0.2, 0) is 4.79 Å². The van der Waals surface area contributed by atoms with Crippen LogP contribution in [0.3, 0.4) is 0 Å². The predicted molar refractivity (Wildman–Crippen MR) is 106 cm³/mol. The van der Waals surface area contributed by atoms with Gasteiger partial charge in [0.2, 0.25) is 5.91 Å². The molecule has 4 heteroatoms. The second-order valence-electron chi connectivity index (χ2n) is 7.82. The van der Waals surface area contributed by atoms with E-state index < -0.39 is 0 Å². The Labute approximate surface area is 158 Å². The van der Waals surface area contributed by atoms with Gasteiger partial charge in [-0.3, -0.25) is 15.6 Å². The van der Waals surface area contributed by atoms with Gasteiger partial charge in [0.15, 0.2) is 0 Å². The van der Waals surface area contributed by atoms with Crippen molar-refractivity contribution in [3.05, 3.63) is 48.0 Å². The van der Waals surface area contributed by atoms with E-state index >= 15 is 0 Å². The average molecular weight is 356 g/mol. The highest BCUT2D eigenvalue weighted by Crippen LogP contribution is 2.24. The zero-order valence-corrected chi connectivity index (χ0v) is 16.0. The molecule has 1 fully saturated rings. The lowest BCUT2D eigenvalue weighted by atomic mass is 9.99. The van der Waals surface area contributed by atoms with Crippen molar-refractivity contribution in [3.8, 4) is 0 Å². The van der Waals surface area contributed by atoms with E-state index in [2.05, 4.69) is 53.3 Å². The van der Waals surface area contributed by atoms with Gasteiger partial charge in [-0.15, -0.1) is 0 Å². The van der Waals surface area contributed by atoms with E-state index in [4.69, 9.17) is 0 Å². The summed E-state index contributed by atoms with van der Waals surface area (Å²) < 4.78 is 0. The molecule has 0 spiro atoms. The minimum Gasteiger partial charge on any atom is -0.346 e. The molecule has 0 aromatic heterocycles. The maximum absolute atomic E-state index is 12.2. The van der Waals surface area contributed by atoms with Crippen LogP contribution in [-0.4, -0.2) is 30.4 Å². The molecule has 1 aromatic carbocycles. The third-order valence-corrected chi connectivity index (χ3v) is 5.70. The van der Waals surface area contributed by atoms with Crippen molar-refractivity contribution in [3.63, 3.8) is 0 Å². The third-order valence-electron chi connectivity index (χ3n) is 5.70. The van der Waals surface area contributed by atoms with Crippen molar-refractivity contribution in [2.24, 2.45) is 5.92 Å². The van der Waals surface area contributed by atoms with Crippen molar-refractivity contribution in [2.45, 2.75) is 63.5 Å². The topological polar surface area (TPSA) is 44.4 Å². The predicted octanol–water partition coefficient (Wildman–Crippen LogP) is 3.97. The molecule has 3 unspecified atom stereocenters. The zero-order chi connectivity index (χ0) is 18.2. The Bertz CT molecular complexity index is 586. The van der Waals surface area contributed by atoms with Crippen LogP contribution < -0.4 is 10.9 Å². The van der Waals surface area contributed by atoms with Gasteiger partial charge >= 0.3 is 0 Å². The molecule has 2 N–H and O–H groups in total. The standard InChI is InChI=1S/C22H33N3O/c1-25(22(26)16-18-10-7-8-11-18)15-9-3-6-14-20-17-21(24-23-20)19-12-4-2-5-13-19/h2,4-5,7,10,12-13,18,20-21,23-24H,3,6,8-9,11,14-17H2,1H3. The van der Waals surface area contributed by atoms with Crippen LogP contribution in [0.5, 0.6) is 0 Å². The molecule has 0 bridgehead atoms. The summed E-state index contributed by atoms with van der Waals surface area (Å²) in [4.78, 5) is 14.1. The molecule has 2 aliphatic rings.